The third-order valence-corrected chi connectivity index (χ3v) is 4.95. The van der Waals surface area contributed by atoms with Crippen molar-refractivity contribution in [2.45, 2.75) is 51.4 Å². The molecule has 1 aromatic rings. The third-order valence-electron chi connectivity index (χ3n) is 4.95. The molecule has 118 valence electrons. The van der Waals surface area contributed by atoms with E-state index in [2.05, 4.69) is 0 Å². The second kappa shape index (κ2) is 6.22. The van der Waals surface area contributed by atoms with Gasteiger partial charge in [0.2, 0.25) is 0 Å². The minimum absolute atomic E-state index is 0.126. The summed E-state index contributed by atoms with van der Waals surface area (Å²) in [7, 11) is 3.11. The van der Waals surface area contributed by atoms with Crippen LogP contribution in [0, 0.1) is 19.7 Å². The van der Waals surface area contributed by atoms with Gasteiger partial charge in [-0.3, -0.25) is 0 Å². The van der Waals surface area contributed by atoms with E-state index < -0.39 is 0 Å². The Bertz CT molecular complexity index is 522. The topological polar surface area (TPSA) is 44.5 Å². The maximum absolute atomic E-state index is 14.4. The first-order chi connectivity index (χ1) is 10.0. The minimum atomic E-state index is -0.335. The molecule has 1 aromatic carbocycles. The van der Waals surface area contributed by atoms with Crippen LogP contribution in [-0.4, -0.2) is 20.8 Å². The number of ether oxygens (including phenoxy) is 2. The van der Waals surface area contributed by atoms with E-state index in [4.69, 9.17) is 15.2 Å². The molecule has 1 saturated carbocycles. The molecule has 0 atom stereocenters. The smallest absolute Gasteiger partial charge is 0.171 e. The Balaban J connectivity index is 2.73. The third kappa shape index (κ3) is 2.50. The Kier molecular flexibility index (Phi) is 4.77. The summed E-state index contributed by atoms with van der Waals surface area (Å²) < 4.78 is 25.3. The van der Waals surface area contributed by atoms with E-state index in [0.29, 0.717) is 23.6 Å². The van der Waals surface area contributed by atoms with Crippen molar-refractivity contribution in [1.82, 2.24) is 0 Å². The van der Waals surface area contributed by atoms with Gasteiger partial charge < -0.3 is 15.2 Å². The Morgan fingerprint density at radius 3 is 2.05 bits per heavy atom. The van der Waals surface area contributed by atoms with Gasteiger partial charge in [-0.2, -0.15) is 0 Å². The lowest BCUT2D eigenvalue weighted by molar-refractivity contribution is 0.281. The molecule has 0 radical (unpaired) electrons. The number of methoxy groups -OCH3 is 2. The van der Waals surface area contributed by atoms with Gasteiger partial charge in [-0.25, -0.2) is 4.39 Å². The molecule has 0 unspecified atom stereocenters. The van der Waals surface area contributed by atoms with Gasteiger partial charge in [0.15, 0.2) is 11.6 Å². The lowest BCUT2D eigenvalue weighted by Gasteiger charge is -2.39. The summed E-state index contributed by atoms with van der Waals surface area (Å²) in [5.74, 6) is 0.624. The zero-order valence-corrected chi connectivity index (χ0v) is 13.5. The van der Waals surface area contributed by atoms with Crippen LogP contribution in [0.4, 0.5) is 4.39 Å². The summed E-state index contributed by atoms with van der Waals surface area (Å²) in [6.07, 6.45) is 5.58. The number of nitrogens with two attached hydrogens (primary N) is 1. The summed E-state index contributed by atoms with van der Waals surface area (Å²) in [5.41, 5.74) is 8.40. The molecule has 0 heterocycles. The Hall–Kier alpha value is -1.29. The maximum Gasteiger partial charge on any atom is 0.171 e. The molecule has 2 N–H and O–H groups in total. The molecule has 1 aliphatic rings. The SMILES string of the molecule is COc1c(C)c(C2(CN)CCCCC2)c(OC)c(C)c1F. The summed E-state index contributed by atoms with van der Waals surface area (Å²) in [5, 5.41) is 0. The summed E-state index contributed by atoms with van der Waals surface area (Å²) in [6, 6.07) is 0. The van der Waals surface area contributed by atoms with Crippen LogP contribution in [0.15, 0.2) is 0 Å². The van der Waals surface area contributed by atoms with Crippen molar-refractivity contribution in [2.75, 3.05) is 20.8 Å². The quantitative estimate of drug-likeness (QED) is 0.922. The van der Waals surface area contributed by atoms with Gasteiger partial charge in [-0.15, -0.1) is 0 Å². The van der Waals surface area contributed by atoms with Crippen molar-refractivity contribution in [1.29, 1.82) is 0 Å². The summed E-state index contributed by atoms with van der Waals surface area (Å²) in [4.78, 5) is 0. The van der Waals surface area contributed by atoms with E-state index >= 15 is 0 Å². The highest BCUT2D eigenvalue weighted by Crippen LogP contribution is 2.48. The summed E-state index contributed by atoms with van der Waals surface area (Å²) in [6.45, 7) is 4.20. The van der Waals surface area contributed by atoms with Gasteiger partial charge in [0.05, 0.1) is 14.2 Å². The van der Waals surface area contributed by atoms with Crippen LogP contribution in [-0.2, 0) is 5.41 Å². The predicted octanol–water partition coefficient (Wildman–Crippen LogP) is 3.62. The molecule has 2 rings (SSSR count). The highest BCUT2D eigenvalue weighted by Gasteiger charge is 2.38. The van der Waals surface area contributed by atoms with Crippen molar-refractivity contribution in [3.8, 4) is 11.5 Å². The minimum Gasteiger partial charge on any atom is -0.496 e. The molecule has 0 aromatic heterocycles. The van der Waals surface area contributed by atoms with Crippen LogP contribution in [0.2, 0.25) is 0 Å². The van der Waals surface area contributed by atoms with Crippen LogP contribution in [0.1, 0.15) is 48.8 Å². The van der Waals surface area contributed by atoms with Gasteiger partial charge in [0.25, 0.3) is 0 Å². The number of hydrogen-bond acceptors (Lipinski definition) is 3. The number of rotatable bonds is 4. The summed E-state index contributed by atoms with van der Waals surface area (Å²) >= 11 is 0. The Morgan fingerprint density at radius 2 is 1.57 bits per heavy atom. The fourth-order valence-corrected chi connectivity index (χ4v) is 3.83. The largest absolute Gasteiger partial charge is 0.496 e. The molecular weight excluding hydrogens is 269 g/mol. The second-order valence-electron chi connectivity index (χ2n) is 6.05. The normalized spacial score (nSPS) is 17.6. The molecule has 0 spiro atoms. The van der Waals surface area contributed by atoms with Crippen molar-refractivity contribution >= 4 is 0 Å². The van der Waals surface area contributed by atoms with E-state index in [0.717, 1.165) is 36.8 Å². The van der Waals surface area contributed by atoms with Crippen LogP contribution in [0.3, 0.4) is 0 Å². The van der Waals surface area contributed by atoms with E-state index in [1.807, 2.05) is 6.92 Å². The van der Waals surface area contributed by atoms with Crippen LogP contribution in [0.25, 0.3) is 0 Å². The molecule has 0 amide bonds. The first-order valence-corrected chi connectivity index (χ1v) is 7.63. The van der Waals surface area contributed by atoms with Crippen molar-refractivity contribution < 1.29 is 13.9 Å². The average molecular weight is 295 g/mol. The standard InChI is InChI=1S/C17H26FNO2/c1-11-13(17(10-19)8-6-5-7-9-17)15(20-3)12(2)14(18)16(11)21-4/h5-10,19H2,1-4H3. The van der Waals surface area contributed by atoms with Gasteiger partial charge in [-0.05, 0) is 26.7 Å². The second-order valence-corrected chi connectivity index (χ2v) is 6.05. The van der Waals surface area contributed by atoms with Crippen LogP contribution >= 0.6 is 0 Å². The zero-order valence-electron chi connectivity index (χ0n) is 13.5. The molecule has 1 aliphatic carbocycles. The Morgan fingerprint density at radius 1 is 1.00 bits per heavy atom. The first kappa shape index (κ1) is 16.1. The lowest BCUT2D eigenvalue weighted by atomic mass is 9.67. The van der Waals surface area contributed by atoms with Crippen LogP contribution < -0.4 is 15.2 Å². The highest BCUT2D eigenvalue weighted by atomic mass is 19.1. The molecule has 21 heavy (non-hydrogen) atoms. The molecule has 0 aliphatic heterocycles. The first-order valence-electron chi connectivity index (χ1n) is 7.63. The highest BCUT2D eigenvalue weighted by molar-refractivity contribution is 5.57. The van der Waals surface area contributed by atoms with Crippen molar-refractivity contribution in [2.24, 2.45) is 5.73 Å². The maximum atomic E-state index is 14.4. The van der Waals surface area contributed by atoms with E-state index in [9.17, 15) is 4.39 Å². The fraction of sp³-hybridized carbons (Fsp3) is 0.647. The average Bonchev–Trinajstić information content (AvgIpc) is 2.51. The lowest BCUT2D eigenvalue weighted by Crippen LogP contribution is -2.38. The number of halogens is 1. The van der Waals surface area contributed by atoms with E-state index in [1.54, 1.807) is 14.0 Å². The number of hydrogen-bond donors (Lipinski definition) is 1. The molecular formula is C17H26FNO2. The van der Waals surface area contributed by atoms with Gasteiger partial charge >= 0.3 is 0 Å². The fourth-order valence-electron chi connectivity index (χ4n) is 3.83. The van der Waals surface area contributed by atoms with Crippen molar-refractivity contribution in [3.63, 3.8) is 0 Å². The molecule has 4 heteroatoms. The van der Waals surface area contributed by atoms with E-state index in [-0.39, 0.29) is 11.2 Å². The van der Waals surface area contributed by atoms with Crippen molar-refractivity contribution in [3.05, 3.63) is 22.5 Å². The monoisotopic (exact) mass is 295 g/mol. The van der Waals surface area contributed by atoms with Gasteiger partial charge in [0, 0.05) is 28.7 Å². The zero-order chi connectivity index (χ0) is 15.6. The Labute approximate surface area is 126 Å². The molecule has 0 saturated heterocycles. The van der Waals surface area contributed by atoms with Gasteiger partial charge in [-0.1, -0.05) is 19.3 Å². The molecule has 3 nitrogen and oxygen atoms in total. The predicted molar refractivity (Wildman–Crippen MR) is 82.8 cm³/mol. The molecule has 1 fully saturated rings. The van der Waals surface area contributed by atoms with E-state index in [1.165, 1.54) is 13.5 Å². The number of benzene rings is 1. The van der Waals surface area contributed by atoms with Crippen LogP contribution in [0.5, 0.6) is 11.5 Å². The molecule has 0 bridgehead atoms. The van der Waals surface area contributed by atoms with Gasteiger partial charge in [0.1, 0.15) is 5.75 Å².